The standard InChI is InChI=1S/C17H16N2O/c1-3-7-14(8-4-1)16(13-17-18-11-12-20-17)19-15-9-5-2-6-10-15/h1-10,13,19H,11-12H2/b16-13+. The van der Waals surface area contributed by atoms with Gasteiger partial charge in [-0.2, -0.15) is 0 Å². The molecule has 20 heavy (non-hydrogen) atoms. The number of aliphatic imine (C=N–C) groups is 1. The molecule has 0 amide bonds. The average Bonchev–Trinajstić information content (AvgIpc) is 3.02. The maximum absolute atomic E-state index is 5.48. The molecule has 0 bridgehead atoms. The van der Waals surface area contributed by atoms with Gasteiger partial charge in [0.15, 0.2) is 0 Å². The Morgan fingerprint density at radius 3 is 2.35 bits per heavy atom. The lowest BCUT2D eigenvalue weighted by Crippen LogP contribution is -2.03. The van der Waals surface area contributed by atoms with E-state index in [1.807, 2.05) is 54.6 Å². The van der Waals surface area contributed by atoms with E-state index in [2.05, 4.69) is 22.4 Å². The van der Waals surface area contributed by atoms with Crippen molar-refractivity contribution in [1.29, 1.82) is 0 Å². The molecule has 0 aliphatic carbocycles. The molecule has 2 aromatic carbocycles. The Morgan fingerprint density at radius 2 is 1.70 bits per heavy atom. The summed E-state index contributed by atoms with van der Waals surface area (Å²) in [5.41, 5.74) is 3.13. The van der Waals surface area contributed by atoms with Crippen molar-refractivity contribution in [3.8, 4) is 0 Å². The number of hydrogen-bond acceptors (Lipinski definition) is 3. The van der Waals surface area contributed by atoms with Crippen molar-refractivity contribution < 1.29 is 4.74 Å². The second kappa shape index (κ2) is 6.06. The van der Waals surface area contributed by atoms with Gasteiger partial charge in [0, 0.05) is 11.8 Å². The Bertz CT molecular complexity index is 618. The highest BCUT2D eigenvalue weighted by molar-refractivity contribution is 5.98. The van der Waals surface area contributed by atoms with Gasteiger partial charge in [-0.1, -0.05) is 48.5 Å². The fraction of sp³-hybridized carbons (Fsp3) is 0.118. The Balaban J connectivity index is 1.91. The van der Waals surface area contributed by atoms with E-state index in [0.29, 0.717) is 12.5 Å². The van der Waals surface area contributed by atoms with Crippen molar-refractivity contribution in [2.24, 2.45) is 4.99 Å². The van der Waals surface area contributed by atoms with Gasteiger partial charge in [0.2, 0.25) is 5.90 Å². The molecule has 3 nitrogen and oxygen atoms in total. The van der Waals surface area contributed by atoms with Crippen LogP contribution < -0.4 is 5.32 Å². The maximum Gasteiger partial charge on any atom is 0.210 e. The molecule has 0 radical (unpaired) electrons. The van der Waals surface area contributed by atoms with Crippen LogP contribution in [0.4, 0.5) is 5.69 Å². The highest BCUT2D eigenvalue weighted by Crippen LogP contribution is 2.19. The third-order valence-electron chi connectivity index (χ3n) is 3.01. The van der Waals surface area contributed by atoms with Crippen LogP contribution in [0.15, 0.2) is 71.7 Å². The van der Waals surface area contributed by atoms with Gasteiger partial charge in [-0.15, -0.1) is 0 Å². The molecule has 0 saturated heterocycles. The third kappa shape index (κ3) is 3.06. The van der Waals surface area contributed by atoms with Gasteiger partial charge in [0.05, 0.1) is 12.2 Å². The zero-order valence-electron chi connectivity index (χ0n) is 11.1. The quantitative estimate of drug-likeness (QED) is 0.916. The smallest absolute Gasteiger partial charge is 0.210 e. The van der Waals surface area contributed by atoms with E-state index in [-0.39, 0.29) is 0 Å². The highest BCUT2D eigenvalue weighted by atomic mass is 16.5. The number of nitrogens with one attached hydrogen (secondary N) is 1. The van der Waals surface area contributed by atoms with Gasteiger partial charge in [-0.05, 0) is 17.7 Å². The van der Waals surface area contributed by atoms with Crippen molar-refractivity contribution in [2.45, 2.75) is 0 Å². The lowest BCUT2D eigenvalue weighted by Gasteiger charge is -2.11. The van der Waals surface area contributed by atoms with E-state index in [9.17, 15) is 0 Å². The van der Waals surface area contributed by atoms with Crippen LogP contribution in [-0.4, -0.2) is 19.0 Å². The van der Waals surface area contributed by atoms with E-state index < -0.39 is 0 Å². The molecule has 0 unspecified atom stereocenters. The molecule has 0 atom stereocenters. The average molecular weight is 264 g/mol. The molecule has 1 aliphatic rings. The first kappa shape index (κ1) is 12.5. The van der Waals surface area contributed by atoms with Gasteiger partial charge in [-0.3, -0.25) is 0 Å². The van der Waals surface area contributed by atoms with Crippen molar-refractivity contribution in [1.82, 2.24) is 0 Å². The predicted molar refractivity (Wildman–Crippen MR) is 82.7 cm³/mol. The Morgan fingerprint density at radius 1 is 1.00 bits per heavy atom. The van der Waals surface area contributed by atoms with Gasteiger partial charge >= 0.3 is 0 Å². The number of para-hydroxylation sites is 1. The lowest BCUT2D eigenvalue weighted by molar-refractivity contribution is 0.350. The topological polar surface area (TPSA) is 33.6 Å². The van der Waals surface area contributed by atoms with E-state index in [1.165, 1.54) is 0 Å². The van der Waals surface area contributed by atoms with Crippen LogP contribution in [-0.2, 0) is 4.74 Å². The fourth-order valence-corrected chi connectivity index (χ4v) is 2.05. The minimum absolute atomic E-state index is 0.666. The zero-order valence-corrected chi connectivity index (χ0v) is 11.1. The molecule has 1 N–H and O–H groups in total. The van der Waals surface area contributed by atoms with Crippen LogP contribution in [0.3, 0.4) is 0 Å². The van der Waals surface area contributed by atoms with Crippen molar-refractivity contribution in [3.05, 3.63) is 72.3 Å². The van der Waals surface area contributed by atoms with E-state index in [0.717, 1.165) is 23.5 Å². The first-order valence-corrected chi connectivity index (χ1v) is 6.68. The number of benzene rings is 2. The van der Waals surface area contributed by atoms with Crippen molar-refractivity contribution in [3.63, 3.8) is 0 Å². The van der Waals surface area contributed by atoms with E-state index in [4.69, 9.17) is 4.74 Å². The van der Waals surface area contributed by atoms with Crippen LogP contribution in [0.25, 0.3) is 5.70 Å². The molecule has 1 aliphatic heterocycles. The summed E-state index contributed by atoms with van der Waals surface area (Å²) in [6.07, 6.45) is 1.95. The second-order valence-corrected chi connectivity index (χ2v) is 4.48. The van der Waals surface area contributed by atoms with Gasteiger partial charge in [0.25, 0.3) is 0 Å². The number of hydrogen-bond donors (Lipinski definition) is 1. The molecule has 0 saturated carbocycles. The first-order valence-electron chi connectivity index (χ1n) is 6.68. The van der Waals surface area contributed by atoms with Gasteiger partial charge < -0.3 is 10.1 Å². The van der Waals surface area contributed by atoms with Crippen LogP contribution >= 0.6 is 0 Å². The molecule has 100 valence electrons. The fourth-order valence-electron chi connectivity index (χ4n) is 2.05. The van der Waals surface area contributed by atoms with Gasteiger partial charge in [-0.25, -0.2) is 4.99 Å². The molecule has 0 spiro atoms. The molecule has 0 fully saturated rings. The molecule has 3 heteroatoms. The maximum atomic E-state index is 5.48. The van der Waals surface area contributed by atoms with Crippen LogP contribution in [0.2, 0.25) is 0 Å². The van der Waals surface area contributed by atoms with Gasteiger partial charge in [0.1, 0.15) is 6.61 Å². The monoisotopic (exact) mass is 264 g/mol. The molecular weight excluding hydrogens is 248 g/mol. The molecular formula is C17H16N2O. The van der Waals surface area contributed by atoms with Crippen LogP contribution in [0.1, 0.15) is 5.56 Å². The molecule has 0 aromatic heterocycles. The largest absolute Gasteiger partial charge is 0.476 e. The Kier molecular flexibility index (Phi) is 3.78. The summed E-state index contributed by atoms with van der Waals surface area (Å²) in [7, 11) is 0. The number of rotatable bonds is 4. The van der Waals surface area contributed by atoms with Crippen molar-refractivity contribution >= 4 is 17.3 Å². The van der Waals surface area contributed by atoms with E-state index in [1.54, 1.807) is 0 Å². The summed E-state index contributed by atoms with van der Waals surface area (Å²) in [5, 5.41) is 3.42. The van der Waals surface area contributed by atoms with E-state index >= 15 is 0 Å². The highest BCUT2D eigenvalue weighted by Gasteiger charge is 2.08. The summed E-state index contributed by atoms with van der Waals surface area (Å²) in [6, 6.07) is 20.3. The summed E-state index contributed by atoms with van der Waals surface area (Å²) >= 11 is 0. The summed E-state index contributed by atoms with van der Waals surface area (Å²) in [5.74, 6) is 0.687. The SMILES string of the molecule is C(/C1=NCCO1)=C(\Nc1ccccc1)c1ccccc1. The minimum Gasteiger partial charge on any atom is -0.476 e. The summed E-state index contributed by atoms with van der Waals surface area (Å²) < 4.78 is 5.48. The van der Waals surface area contributed by atoms with Crippen molar-refractivity contribution in [2.75, 3.05) is 18.5 Å². The first-order chi connectivity index (χ1) is 9.92. The number of ether oxygens (including phenoxy) is 1. The Labute approximate surface area is 118 Å². The third-order valence-corrected chi connectivity index (χ3v) is 3.01. The molecule has 3 rings (SSSR count). The minimum atomic E-state index is 0.666. The lowest BCUT2D eigenvalue weighted by atomic mass is 10.1. The molecule has 1 heterocycles. The normalized spacial score (nSPS) is 14.6. The van der Waals surface area contributed by atoms with Crippen LogP contribution in [0.5, 0.6) is 0 Å². The summed E-state index contributed by atoms with van der Waals surface area (Å²) in [6.45, 7) is 1.40. The zero-order chi connectivity index (χ0) is 13.6. The number of anilines is 1. The molecule has 2 aromatic rings. The second-order valence-electron chi connectivity index (χ2n) is 4.48. The summed E-state index contributed by atoms with van der Waals surface area (Å²) in [4.78, 5) is 4.32. The van der Waals surface area contributed by atoms with Crippen LogP contribution in [0, 0.1) is 0 Å². The number of nitrogens with zero attached hydrogens (tertiary/aromatic N) is 1. The Hall–Kier alpha value is -2.55. The predicted octanol–water partition coefficient (Wildman–Crippen LogP) is 3.57.